The third kappa shape index (κ3) is 5.58. The summed E-state index contributed by atoms with van der Waals surface area (Å²) in [7, 11) is 0. The molecule has 1 amide bonds. The maximum Gasteiger partial charge on any atom is 0.261 e. The molecule has 0 aromatic carbocycles. The van der Waals surface area contributed by atoms with Crippen molar-refractivity contribution < 1.29 is 4.79 Å². The van der Waals surface area contributed by atoms with Crippen LogP contribution in [0.15, 0.2) is 6.33 Å². The molecule has 8 heteroatoms. The van der Waals surface area contributed by atoms with Gasteiger partial charge in [-0.05, 0) is 64.3 Å². The molecule has 32 heavy (non-hydrogen) atoms. The number of anilines is 1. The van der Waals surface area contributed by atoms with Crippen LogP contribution in [-0.2, 0) is 0 Å². The van der Waals surface area contributed by atoms with Crippen LogP contribution < -0.4 is 10.2 Å². The Hall–Kier alpha value is -1.77. The van der Waals surface area contributed by atoms with E-state index in [4.69, 9.17) is 0 Å². The van der Waals surface area contributed by atoms with Crippen molar-refractivity contribution in [3.63, 3.8) is 0 Å². The summed E-state index contributed by atoms with van der Waals surface area (Å²) >= 11 is 1.50. The van der Waals surface area contributed by atoms with E-state index >= 15 is 0 Å². The molecule has 2 aliphatic rings. The summed E-state index contributed by atoms with van der Waals surface area (Å²) in [6.45, 7) is 13.7. The van der Waals surface area contributed by atoms with E-state index in [0.717, 1.165) is 78.7 Å². The number of carbonyl (C=O) groups is 1. The van der Waals surface area contributed by atoms with Gasteiger partial charge in [-0.3, -0.25) is 9.69 Å². The smallest absolute Gasteiger partial charge is 0.261 e. The zero-order valence-corrected chi connectivity index (χ0v) is 20.6. The number of nitrogens with zero attached hydrogens (tertiary/aromatic N) is 5. The van der Waals surface area contributed by atoms with Crippen LogP contribution in [0, 0.1) is 6.92 Å². The van der Waals surface area contributed by atoms with E-state index in [1.165, 1.54) is 56.5 Å². The lowest BCUT2D eigenvalue weighted by Gasteiger charge is -2.35. The Morgan fingerprint density at radius 2 is 1.72 bits per heavy atom. The third-order valence-electron chi connectivity index (χ3n) is 6.76. The van der Waals surface area contributed by atoms with Crippen LogP contribution >= 0.6 is 11.3 Å². The van der Waals surface area contributed by atoms with Crippen molar-refractivity contribution in [2.45, 2.75) is 52.4 Å². The lowest BCUT2D eigenvalue weighted by molar-refractivity contribution is 0.0955. The molecule has 4 heterocycles. The van der Waals surface area contributed by atoms with Crippen molar-refractivity contribution in [3.8, 4) is 0 Å². The molecule has 1 N–H and O–H groups in total. The summed E-state index contributed by atoms with van der Waals surface area (Å²) in [5, 5.41) is 4.20. The minimum Gasteiger partial charge on any atom is -0.353 e. The van der Waals surface area contributed by atoms with Gasteiger partial charge in [0.1, 0.15) is 17.0 Å². The zero-order chi connectivity index (χ0) is 22.3. The number of aromatic nitrogens is 2. The number of aryl methyl sites for hydroxylation is 1. The zero-order valence-electron chi connectivity index (χ0n) is 19.7. The standard InChI is InChI=1S/C24H38N6OS/c1-3-10-28-14-16-30(17-15-28)22-20-19(2)21(32-24(20)27-18-26-22)23(31)25-9-8-13-29-11-6-4-5-7-12-29/h18H,3-17H2,1-2H3,(H,25,31). The molecule has 0 spiro atoms. The van der Waals surface area contributed by atoms with Gasteiger partial charge in [0.25, 0.3) is 5.91 Å². The van der Waals surface area contributed by atoms with Gasteiger partial charge in [-0.15, -0.1) is 11.3 Å². The summed E-state index contributed by atoms with van der Waals surface area (Å²) < 4.78 is 0. The largest absolute Gasteiger partial charge is 0.353 e. The number of thiophene rings is 1. The molecule has 2 fully saturated rings. The molecule has 2 aromatic heterocycles. The number of fused-ring (bicyclic) bond motifs is 1. The van der Waals surface area contributed by atoms with Crippen LogP contribution in [0.3, 0.4) is 0 Å². The van der Waals surface area contributed by atoms with Crippen molar-refractivity contribution >= 4 is 33.3 Å². The summed E-state index contributed by atoms with van der Waals surface area (Å²) in [5.41, 5.74) is 1.02. The summed E-state index contributed by atoms with van der Waals surface area (Å²) in [4.78, 5) is 31.2. The molecule has 2 aliphatic heterocycles. The highest BCUT2D eigenvalue weighted by molar-refractivity contribution is 7.20. The Labute approximate surface area is 196 Å². The van der Waals surface area contributed by atoms with Gasteiger partial charge < -0.3 is 15.1 Å². The van der Waals surface area contributed by atoms with Crippen LogP contribution in [-0.4, -0.2) is 84.6 Å². The molecule has 4 rings (SSSR count). The van der Waals surface area contributed by atoms with Gasteiger partial charge in [0, 0.05) is 32.7 Å². The van der Waals surface area contributed by atoms with Crippen molar-refractivity contribution in [2.24, 2.45) is 0 Å². The third-order valence-corrected chi connectivity index (χ3v) is 7.96. The summed E-state index contributed by atoms with van der Waals surface area (Å²) in [6.07, 6.45) is 9.18. The number of hydrogen-bond donors (Lipinski definition) is 1. The lowest BCUT2D eigenvalue weighted by Crippen LogP contribution is -2.46. The predicted octanol–water partition coefficient (Wildman–Crippen LogP) is 3.53. The second-order valence-electron chi connectivity index (χ2n) is 9.13. The minimum absolute atomic E-state index is 0.0279. The van der Waals surface area contributed by atoms with Gasteiger partial charge in [0.15, 0.2) is 0 Å². The van der Waals surface area contributed by atoms with Gasteiger partial charge in [0.05, 0.1) is 10.3 Å². The number of rotatable bonds is 8. The highest BCUT2D eigenvalue weighted by atomic mass is 32.1. The first-order valence-electron chi connectivity index (χ1n) is 12.4. The molecule has 0 unspecified atom stereocenters. The van der Waals surface area contributed by atoms with Gasteiger partial charge >= 0.3 is 0 Å². The number of carbonyl (C=O) groups excluding carboxylic acids is 1. The molecule has 0 aliphatic carbocycles. The Kier molecular flexibility index (Phi) is 8.32. The molecule has 0 saturated carbocycles. The van der Waals surface area contributed by atoms with Crippen molar-refractivity contribution in [2.75, 3.05) is 63.8 Å². The van der Waals surface area contributed by atoms with E-state index in [1.807, 2.05) is 6.92 Å². The Bertz CT molecular complexity index is 884. The van der Waals surface area contributed by atoms with E-state index < -0.39 is 0 Å². The molecule has 2 aromatic rings. The van der Waals surface area contributed by atoms with Gasteiger partial charge in [-0.25, -0.2) is 9.97 Å². The molecule has 0 radical (unpaired) electrons. The quantitative estimate of drug-likeness (QED) is 0.611. The SMILES string of the molecule is CCCN1CCN(c2ncnc3sc(C(=O)NCCCN4CCCCCC4)c(C)c23)CC1. The molecule has 2 saturated heterocycles. The summed E-state index contributed by atoms with van der Waals surface area (Å²) in [5.74, 6) is 1.01. The number of amides is 1. The maximum absolute atomic E-state index is 13.0. The van der Waals surface area contributed by atoms with E-state index in [2.05, 4.69) is 36.9 Å². The Morgan fingerprint density at radius 3 is 2.44 bits per heavy atom. The number of likely N-dealkylation sites (tertiary alicyclic amines) is 1. The number of nitrogens with one attached hydrogen (secondary N) is 1. The second-order valence-corrected chi connectivity index (χ2v) is 10.1. The lowest BCUT2D eigenvalue weighted by atomic mass is 10.1. The van der Waals surface area contributed by atoms with Crippen LogP contribution in [0.5, 0.6) is 0 Å². The van der Waals surface area contributed by atoms with E-state index in [0.29, 0.717) is 0 Å². The average Bonchev–Trinajstić information content (AvgIpc) is 2.97. The van der Waals surface area contributed by atoms with Crippen LogP contribution in [0.2, 0.25) is 0 Å². The van der Waals surface area contributed by atoms with Crippen LogP contribution in [0.4, 0.5) is 5.82 Å². The van der Waals surface area contributed by atoms with Gasteiger partial charge in [-0.2, -0.15) is 0 Å². The first-order chi connectivity index (χ1) is 15.7. The summed E-state index contributed by atoms with van der Waals surface area (Å²) in [6, 6.07) is 0. The fraction of sp³-hybridized carbons (Fsp3) is 0.708. The van der Waals surface area contributed by atoms with E-state index in [1.54, 1.807) is 6.33 Å². The van der Waals surface area contributed by atoms with Crippen molar-refractivity contribution in [3.05, 3.63) is 16.8 Å². The normalized spacial score (nSPS) is 18.8. The topological polar surface area (TPSA) is 64.6 Å². The van der Waals surface area contributed by atoms with Crippen LogP contribution in [0.25, 0.3) is 10.2 Å². The predicted molar refractivity (Wildman–Crippen MR) is 133 cm³/mol. The van der Waals surface area contributed by atoms with E-state index in [9.17, 15) is 4.79 Å². The van der Waals surface area contributed by atoms with Gasteiger partial charge in [-0.1, -0.05) is 19.8 Å². The van der Waals surface area contributed by atoms with Crippen molar-refractivity contribution in [1.82, 2.24) is 25.1 Å². The average molecular weight is 459 g/mol. The number of hydrogen-bond acceptors (Lipinski definition) is 7. The number of piperazine rings is 1. The van der Waals surface area contributed by atoms with Gasteiger partial charge in [0.2, 0.25) is 0 Å². The fourth-order valence-electron chi connectivity index (χ4n) is 4.95. The van der Waals surface area contributed by atoms with E-state index in [-0.39, 0.29) is 5.91 Å². The Balaban J connectivity index is 1.37. The Morgan fingerprint density at radius 1 is 1.00 bits per heavy atom. The minimum atomic E-state index is 0.0279. The molecule has 0 bridgehead atoms. The first kappa shape index (κ1) is 23.4. The first-order valence-corrected chi connectivity index (χ1v) is 13.2. The molecule has 7 nitrogen and oxygen atoms in total. The molecule has 0 atom stereocenters. The molecule has 176 valence electrons. The monoisotopic (exact) mass is 458 g/mol. The molecular weight excluding hydrogens is 420 g/mol. The van der Waals surface area contributed by atoms with Crippen LogP contribution in [0.1, 0.15) is 60.7 Å². The fourth-order valence-corrected chi connectivity index (χ4v) is 6.01. The second kappa shape index (κ2) is 11.4. The van der Waals surface area contributed by atoms with Crippen molar-refractivity contribution in [1.29, 1.82) is 0 Å². The maximum atomic E-state index is 13.0. The highest BCUT2D eigenvalue weighted by Crippen LogP contribution is 2.35. The highest BCUT2D eigenvalue weighted by Gasteiger charge is 2.24. The molecular formula is C24H38N6OS.